The molecule has 0 bridgehead atoms. The molecule has 140 valence electrons. The van der Waals surface area contributed by atoms with Gasteiger partial charge in [-0.1, -0.05) is 12.1 Å². The molecule has 0 aliphatic heterocycles. The Morgan fingerprint density at radius 1 is 1.07 bits per heavy atom. The highest BCUT2D eigenvalue weighted by Gasteiger charge is 2.14. The van der Waals surface area contributed by atoms with Crippen molar-refractivity contribution in [2.24, 2.45) is 0 Å². The SMILES string of the molecule is COC(=O)c1ccc(-c2csc(-n3nc(-c4ccc(F)cc4)cc3O)n2)cc1. The van der Waals surface area contributed by atoms with Gasteiger partial charge in [-0.2, -0.15) is 9.78 Å². The zero-order valence-corrected chi connectivity index (χ0v) is 15.5. The number of thiazole rings is 1. The Kier molecular flexibility index (Phi) is 4.62. The lowest BCUT2D eigenvalue weighted by molar-refractivity contribution is 0.0600. The third-order valence-corrected chi connectivity index (χ3v) is 4.92. The standard InChI is InChI=1S/C20H14FN3O3S/c1-27-19(26)14-4-2-13(3-5-14)17-11-28-20(22-17)24-18(25)10-16(23-24)12-6-8-15(21)9-7-12/h2-11,25H,1H3. The van der Waals surface area contributed by atoms with Crippen molar-refractivity contribution < 1.29 is 19.0 Å². The predicted molar refractivity (Wildman–Crippen MR) is 103 cm³/mol. The highest BCUT2D eigenvalue weighted by molar-refractivity contribution is 7.12. The van der Waals surface area contributed by atoms with Crippen LogP contribution in [0.3, 0.4) is 0 Å². The van der Waals surface area contributed by atoms with Gasteiger partial charge < -0.3 is 9.84 Å². The number of nitrogens with zero attached hydrogens (tertiary/aromatic N) is 3. The number of esters is 1. The van der Waals surface area contributed by atoms with Gasteiger partial charge in [-0.15, -0.1) is 11.3 Å². The van der Waals surface area contributed by atoms with Crippen LogP contribution >= 0.6 is 11.3 Å². The van der Waals surface area contributed by atoms with Gasteiger partial charge in [0.05, 0.1) is 24.1 Å². The van der Waals surface area contributed by atoms with E-state index < -0.39 is 5.97 Å². The van der Waals surface area contributed by atoms with Crippen molar-refractivity contribution in [3.8, 4) is 33.5 Å². The van der Waals surface area contributed by atoms with Crippen molar-refractivity contribution in [2.45, 2.75) is 0 Å². The first kappa shape index (κ1) is 17.9. The summed E-state index contributed by atoms with van der Waals surface area (Å²) in [6.45, 7) is 0. The number of carbonyl (C=O) groups is 1. The minimum absolute atomic E-state index is 0.0683. The van der Waals surface area contributed by atoms with Gasteiger partial charge in [0, 0.05) is 22.6 Å². The molecular formula is C20H14FN3O3S. The van der Waals surface area contributed by atoms with Crippen LogP contribution < -0.4 is 0 Å². The first-order chi connectivity index (χ1) is 13.5. The maximum Gasteiger partial charge on any atom is 0.337 e. The Hall–Kier alpha value is -3.52. The van der Waals surface area contributed by atoms with Gasteiger partial charge in [0.25, 0.3) is 0 Å². The molecule has 4 aromatic rings. The number of hydrogen-bond donors (Lipinski definition) is 1. The average molecular weight is 395 g/mol. The Morgan fingerprint density at radius 2 is 1.71 bits per heavy atom. The highest BCUT2D eigenvalue weighted by atomic mass is 32.1. The van der Waals surface area contributed by atoms with E-state index in [1.165, 1.54) is 41.3 Å². The van der Waals surface area contributed by atoms with Gasteiger partial charge in [-0.25, -0.2) is 14.2 Å². The van der Waals surface area contributed by atoms with E-state index in [0.29, 0.717) is 27.6 Å². The number of ether oxygens (including phenoxy) is 1. The summed E-state index contributed by atoms with van der Waals surface area (Å²) in [6.07, 6.45) is 0. The summed E-state index contributed by atoms with van der Waals surface area (Å²) in [5.74, 6) is -0.809. The molecule has 0 spiro atoms. The van der Waals surface area contributed by atoms with Crippen molar-refractivity contribution >= 4 is 17.3 Å². The predicted octanol–water partition coefficient (Wildman–Crippen LogP) is 4.29. The molecule has 4 rings (SSSR count). The number of halogens is 1. The van der Waals surface area contributed by atoms with Crippen LogP contribution in [-0.4, -0.2) is 33.0 Å². The van der Waals surface area contributed by atoms with Crippen molar-refractivity contribution in [2.75, 3.05) is 7.11 Å². The Balaban J connectivity index is 1.62. The largest absolute Gasteiger partial charge is 0.493 e. The van der Waals surface area contributed by atoms with Crippen LogP contribution in [0.4, 0.5) is 4.39 Å². The summed E-state index contributed by atoms with van der Waals surface area (Å²) >= 11 is 1.32. The molecule has 2 heterocycles. The molecule has 0 atom stereocenters. The zero-order chi connectivity index (χ0) is 19.7. The number of benzene rings is 2. The Morgan fingerprint density at radius 3 is 2.39 bits per heavy atom. The van der Waals surface area contributed by atoms with Crippen molar-refractivity contribution in [1.82, 2.24) is 14.8 Å². The lowest BCUT2D eigenvalue weighted by Crippen LogP contribution is -2.00. The second-order valence-corrected chi connectivity index (χ2v) is 6.73. The lowest BCUT2D eigenvalue weighted by Gasteiger charge is -2.01. The number of carbonyl (C=O) groups excluding carboxylic acids is 1. The number of aromatic nitrogens is 3. The van der Waals surface area contributed by atoms with E-state index in [4.69, 9.17) is 0 Å². The minimum Gasteiger partial charge on any atom is -0.493 e. The van der Waals surface area contributed by atoms with E-state index in [0.717, 1.165) is 5.56 Å². The van der Waals surface area contributed by atoms with Crippen LogP contribution in [0.15, 0.2) is 60.0 Å². The van der Waals surface area contributed by atoms with Crippen LogP contribution in [0.1, 0.15) is 10.4 Å². The van der Waals surface area contributed by atoms with E-state index in [2.05, 4.69) is 14.8 Å². The fourth-order valence-corrected chi connectivity index (χ4v) is 3.45. The van der Waals surface area contributed by atoms with Crippen LogP contribution in [0.5, 0.6) is 5.88 Å². The molecule has 28 heavy (non-hydrogen) atoms. The fraction of sp³-hybridized carbons (Fsp3) is 0.0500. The van der Waals surface area contributed by atoms with Gasteiger partial charge in [0.1, 0.15) is 5.82 Å². The van der Waals surface area contributed by atoms with E-state index in [1.807, 2.05) is 5.38 Å². The molecule has 0 amide bonds. The smallest absolute Gasteiger partial charge is 0.337 e. The van der Waals surface area contributed by atoms with Crippen molar-refractivity contribution in [3.63, 3.8) is 0 Å². The molecule has 0 aliphatic rings. The molecule has 0 aliphatic carbocycles. The van der Waals surface area contributed by atoms with Gasteiger partial charge in [-0.3, -0.25) is 0 Å². The second kappa shape index (κ2) is 7.24. The van der Waals surface area contributed by atoms with Crippen molar-refractivity contribution in [3.05, 3.63) is 71.4 Å². The monoisotopic (exact) mass is 395 g/mol. The minimum atomic E-state index is -0.402. The summed E-state index contributed by atoms with van der Waals surface area (Å²) in [5.41, 5.74) is 3.16. The molecule has 2 aromatic carbocycles. The molecule has 0 unspecified atom stereocenters. The maximum absolute atomic E-state index is 13.1. The molecule has 2 aromatic heterocycles. The van der Waals surface area contributed by atoms with Crippen LogP contribution in [0.25, 0.3) is 27.6 Å². The zero-order valence-electron chi connectivity index (χ0n) is 14.7. The molecule has 6 nitrogen and oxygen atoms in total. The highest BCUT2D eigenvalue weighted by Crippen LogP contribution is 2.29. The second-order valence-electron chi connectivity index (χ2n) is 5.89. The lowest BCUT2D eigenvalue weighted by atomic mass is 10.1. The number of rotatable bonds is 4. The number of methoxy groups -OCH3 is 1. The first-order valence-corrected chi connectivity index (χ1v) is 9.13. The first-order valence-electron chi connectivity index (χ1n) is 8.25. The molecule has 8 heteroatoms. The van der Waals surface area contributed by atoms with Gasteiger partial charge in [-0.05, 0) is 36.4 Å². The Labute approximate surface area is 163 Å². The molecule has 0 saturated heterocycles. The van der Waals surface area contributed by atoms with E-state index in [1.54, 1.807) is 36.4 Å². The summed E-state index contributed by atoms with van der Waals surface area (Å²) in [5, 5.41) is 16.9. The normalized spacial score (nSPS) is 10.8. The van der Waals surface area contributed by atoms with E-state index in [9.17, 15) is 14.3 Å². The third-order valence-electron chi connectivity index (χ3n) is 4.11. The molecule has 1 N–H and O–H groups in total. The number of aromatic hydroxyl groups is 1. The molecule has 0 saturated carbocycles. The summed E-state index contributed by atoms with van der Waals surface area (Å²) in [6, 6.07) is 14.2. The number of hydrogen-bond acceptors (Lipinski definition) is 6. The average Bonchev–Trinajstić information content (AvgIpc) is 3.35. The summed E-state index contributed by atoms with van der Waals surface area (Å²) in [7, 11) is 1.33. The van der Waals surface area contributed by atoms with E-state index in [-0.39, 0.29) is 11.7 Å². The topological polar surface area (TPSA) is 77.2 Å². The molecule has 0 radical (unpaired) electrons. The van der Waals surface area contributed by atoms with Crippen LogP contribution in [0, 0.1) is 5.82 Å². The maximum atomic E-state index is 13.1. The molecule has 0 fully saturated rings. The summed E-state index contributed by atoms with van der Waals surface area (Å²) in [4.78, 5) is 16.0. The van der Waals surface area contributed by atoms with Crippen molar-refractivity contribution in [1.29, 1.82) is 0 Å². The van der Waals surface area contributed by atoms with Gasteiger partial charge in [0.2, 0.25) is 11.0 Å². The molecular weight excluding hydrogens is 381 g/mol. The fourth-order valence-electron chi connectivity index (χ4n) is 2.66. The third kappa shape index (κ3) is 3.37. The van der Waals surface area contributed by atoms with Crippen LogP contribution in [-0.2, 0) is 4.74 Å². The van der Waals surface area contributed by atoms with Gasteiger partial charge in [0.15, 0.2) is 0 Å². The van der Waals surface area contributed by atoms with E-state index >= 15 is 0 Å². The quantitative estimate of drug-likeness (QED) is 0.522. The summed E-state index contributed by atoms with van der Waals surface area (Å²) < 4.78 is 19.1. The van der Waals surface area contributed by atoms with Crippen LogP contribution in [0.2, 0.25) is 0 Å². The Bertz CT molecular complexity index is 1130. The van der Waals surface area contributed by atoms with Gasteiger partial charge >= 0.3 is 5.97 Å².